The molecule has 140 valence electrons. The molecule has 8 nitrogen and oxygen atoms in total. The first-order chi connectivity index (χ1) is 12.9. The Bertz CT molecular complexity index is 1090. The largest absolute Gasteiger partial charge is 0.329 e. The van der Waals surface area contributed by atoms with Crippen LogP contribution in [0.25, 0.3) is 11.0 Å². The van der Waals surface area contributed by atoms with E-state index in [1.807, 2.05) is 19.1 Å². The van der Waals surface area contributed by atoms with Crippen LogP contribution in [0.4, 0.5) is 11.4 Å². The molecule has 0 saturated carbocycles. The number of nitrogens with one attached hydrogen (secondary N) is 1. The highest BCUT2D eigenvalue weighted by Crippen LogP contribution is 2.27. The molecule has 1 heterocycles. The van der Waals surface area contributed by atoms with Gasteiger partial charge in [-0.25, -0.2) is 4.79 Å². The van der Waals surface area contributed by atoms with Gasteiger partial charge in [0.2, 0.25) is 5.91 Å². The molecule has 1 aromatic heterocycles. The van der Waals surface area contributed by atoms with Gasteiger partial charge in [-0.1, -0.05) is 30.7 Å². The Kier molecular flexibility index (Phi) is 5.27. The van der Waals surface area contributed by atoms with Crippen LogP contribution in [0, 0.1) is 10.1 Å². The summed E-state index contributed by atoms with van der Waals surface area (Å²) >= 11 is 5.77. The number of halogens is 1. The van der Waals surface area contributed by atoms with Gasteiger partial charge >= 0.3 is 5.69 Å². The van der Waals surface area contributed by atoms with Gasteiger partial charge in [-0.15, -0.1) is 0 Å². The van der Waals surface area contributed by atoms with Crippen LogP contribution in [-0.4, -0.2) is 20.0 Å². The zero-order valence-electron chi connectivity index (χ0n) is 14.5. The molecule has 0 unspecified atom stereocenters. The highest BCUT2D eigenvalue weighted by atomic mass is 35.5. The third kappa shape index (κ3) is 3.70. The molecular weight excluding hydrogens is 372 g/mol. The summed E-state index contributed by atoms with van der Waals surface area (Å²) < 4.78 is 3.03. The summed E-state index contributed by atoms with van der Waals surface area (Å²) in [7, 11) is 0. The standard InChI is InChI=1S/C18H17ClN4O4/c1-2-9-21-14-5-3-4-6-15(14)22(18(21)25)11-17(24)20-12-7-8-13(19)16(10-12)23(26)27/h3-8,10H,2,9,11H2,1H3,(H,20,24). The monoisotopic (exact) mass is 388 g/mol. The Balaban J connectivity index is 1.89. The van der Waals surface area contributed by atoms with E-state index in [0.29, 0.717) is 12.1 Å². The Hall–Kier alpha value is -3.13. The van der Waals surface area contributed by atoms with Gasteiger partial charge in [0.05, 0.1) is 16.0 Å². The quantitative estimate of drug-likeness (QED) is 0.516. The van der Waals surface area contributed by atoms with Gasteiger partial charge in [0.15, 0.2) is 0 Å². The number of nitrogens with zero attached hydrogens (tertiary/aromatic N) is 3. The van der Waals surface area contributed by atoms with E-state index in [1.54, 1.807) is 16.7 Å². The third-order valence-electron chi connectivity index (χ3n) is 4.10. The van der Waals surface area contributed by atoms with Gasteiger partial charge in [-0.05, 0) is 30.7 Å². The molecule has 0 saturated heterocycles. The van der Waals surface area contributed by atoms with Crippen LogP contribution in [0.15, 0.2) is 47.3 Å². The average Bonchev–Trinajstić information content (AvgIpc) is 2.89. The second-order valence-electron chi connectivity index (χ2n) is 5.98. The lowest BCUT2D eigenvalue weighted by Crippen LogP contribution is -2.29. The number of carbonyl (C=O) groups is 1. The Morgan fingerprint density at radius 2 is 1.85 bits per heavy atom. The van der Waals surface area contributed by atoms with Crippen LogP contribution in [0.2, 0.25) is 5.02 Å². The molecule has 0 fully saturated rings. The summed E-state index contributed by atoms with van der Waals surface area (Å²) in [5.74, 6) is -0.465. The number of nitro groups is 1. The maximum Gasteiger partial charge on any atom is 0.329 e. The third-order valence-corrected chi connectivity index (χ3v) is 4.42. The van der Waals surface area contributed by atoms with E-state index in [4.69, 9.17) is 11.6 Å². The number of benzene rings is 2. The van der Waals surface area contributed by atoms with E-state index < -0.39 is 10.8 Å². The Morgan fingerprint density at radius 1 is 1.19 bits per heavy atom. The molecule has 3 rings (SSSR count). The number of rotatable bonds is 6. The van der Waals surface area contributed by atoms with E-state index in [9.17, 15) is 19.7 Å². The summed E-state index contributed by atoms with van der Waals surface area (Å²) in [5.41, 5.74) is 1.09. The minimum absolute atomic E-state index is 0.0168. The van der Waals surface area contributed by atoms with Gasteiger partial charge in [-0.3, -0.25) is 24.0 Å². The lowest BCUT2D eigenvalue weighted by atomic mass is 10.2. The fourth-order valence-electron chi connectivity index (χ4n) is 2.94. The number of aromatic nitrogens is 2. The molecule has 3 aromatic rings. The lowest BCUT2D eigenvalue weighted by Gasteiger charge is -2.07. The van der Waals surface area contributed by atoms with Crippen LogP contribution in [-0.2, 0) is 17.9 Å². The molecule has 0 spiro atoms. The first-order valence-electron chi connectivity index (χ1n) is 8.34. The predicted molar refractivity (Wildman–Crippen MR) is 103 cm³/mol. The number of aryl methyl sites for hydroxylation is 1. The summed E-state index contributed by atoms with van der Waals surface area (Å²) in [5, 5.41) is 13.5. The smallest absolute Gasteiger partial charge is 0.324 e. The van der Waals surface area contributed by atoms with Crippen molar-refractivity contribution in [3.8, 4) is 0 Å². The summed E-state index contributed by atoms with van der Waals surface area (Å²) in [6.45, 7) is 2.32. The highest BCUT2D eigenvalue weighted by Gasteiger charge is 2.17. The van der Waals surface area contributed by atoms with Gasteiger partial charge < -0.3 is 5.32 Å². The second-order valence-corrected chi connectivity index (χ2v) is 6.39. The molecule has 1 amide bonds. The van der Waals surface area contributed by atoms with E-state index in [2.05, 4.69) is 5.32 Å². The number of amides is 1. The number of carbonyl (C=O) groups excluding carboxylic acids is 1. The average molecular weight is 389 g/mol. The van der Waals surface area contributed by atoms with E-state index in [1.165, 1.54) is 22.8 Å². The minimum Gasteiger partial charge on any atom is -0.324 e. The van der Waals surface area contributed by atoms with E-state index >= 15 is 0 Å². The van der Waals surface area contributed by atoms with Gasteiger partial charge in [-0.2, -0.15) is 0 Å². The van der Waals surface area contributed by atoms with Crippen LogP contribution in [0.1, 0.15) is 13.3 Å². The van der Waals surface area contributed by atoms with E-state index in [-0.39, 0.29) is 28.6 Å². The van der Waals surface area contributed by atoms with Crippen LogP contribution < -0.4 is 11.0 Å². The number of fused-ring (bicyclic) bond motifs is 1. The van der Waals surface area contributed by atoms with Crippen molar-refractivity contribution < 1.29 is 9.72 Å². The molecule has 0 aliphatic rings. The van der Waals surface area contributed by atoms with Gasteiger partial charge in [0, 0.05) is 18.3 Å². The van der Waals surface area contributed by atoms with E-state index in [0.717, 1.165) is 11.9 Å². The Morgan fingerprint density at radius 3 is 2.48 bits per heavy atom. The van der Waals surface area contributed by atoms with Crippen molar-refractivity contribution in [2.75, 3.05) is 5.32 Å². The zero-order valence-corrected chi connectivity index (χ0v) is 15.3. The van der Waals surface area contributed by atoms with Crippen molar-refractivity contribution in [2.24, 2.45) is 0 Å². The van der Waals surface area contributed by atoms with Gasteiger partial charge in [0.25, 0.3) is 5.69 Å². The summed E-state index contributed by atoms with van der Waals surface area (Å²) in [4.78, 5) is 35.5. The lowest BCUT2D eigenvalue weighted by molar-refractivity contribution is -0.384. The molecule has 0 atom stereocenters. The maximum atomic E-state index is 12.7. The second kappa shape index (κ2) is 7.63. The minimum atomic E-state index is -0.624. The van der Waals surface area contributed by atoms with Gasteiger partial charge in [0.1, 0.15) is 11.6 Å². The first-order valence-corrected chi connectivity index (χ1v) is 8.72. The molecule has 27 heavy (non-hydrogen) atoms. The topological polar surface area (TPSA) is 99.2 Å². The van der Waals surface area contributed by atoms with Crippen molar-refractivity contribution in [3.05, 3.63) is 68.1 Å². The number of hydrogen-bond donors (Lipinski definition) is 1. The molecular formula is C18H17ClN4O4. The number of hydrogen-bond acceptors (Lipinski definition) is 4. The predicted octanol–water partition coefficient (Wildman–Crippen LogP) is 3.41. The molecule has 0 radical (unpaired) electrons. The number of para-hydroxylation sites is 2. The molecule has 0 aliphatic carbocycles. The van der Waals surface area contributed by atoms with Crippen molar-refractivity contribution in [1.29, 1.82) is 0 Å². The van der Waals surface area contributed by atoms with Crippen LogP contribution in [0.5, 0.6) is 0 Å². The summed E-state index contributed by atoms with van der Waals surface area (Å²) in [6, 6.07) is 11.3. The zero-order chi connectivity index (χ0) is 19.6. The Labute approximate surface area is 159 Å². The van der Waals surface area contributed by atoms with Crippen molar-refractivity contribution in [2.45, 2.75) is 26.4 Å². The highest BCUT2D eigenvalue weighted by molar-refractivity contribution is 6.32. The normalized spacial score (nSPS) is 10.9. The summed E-state index contributed by atoms with van der Waals surface area (Å²) in [6.07, 6.45) is 0.786. The molecule has 9 heteroatoms. The number of imidazole rings is 1. The SMILES string of the molecule is CCCn1c(=O)n(CC(=O)Nc2ccc(Cl)c([N+](=O)[O-])c2)c2ccccc21. The maximum absolute atomic E-state index is 12.7. The van der Waals surface area contributed by atoms with Crippen LogP contribution in [0.3, 0.4) is 0 Å². The fraction of sp³-hybridized carbons (Fsp3) is 0.222. The molecule has 1 N–H and O–H groups in total. The fourth-order valence-corrected chi connectivity index (χ4v) is 3.13. The molecule has 2 aromatic carbocycles. The first kappa shape index (κ1) is 18.7. The number of nitro benzene ring substituents is 1. The van der Waals surface area contributed by atoms with Crippen molar-refractivity contribution in [3.63, 3.8) is 0 Å². The van der Waals surface area contributed by atoms with Crippen LogP contribution >= 0.6 is 11.6 Å². The van der Waals surface area contributed by atoms with Crippen molar-refractivity contribution >= 4 is 39.9 Å². The van der Waals surface area contributed by atoms with Crippen molar-refractivity contribution in [1.82, 2.24) is 9.13 Å². The number of anilines is 1. The molecule has 0 bridgehead atoms. The molecule has 0 aliphatic heterocycles.